The number of fused-ring (bicyclic) bond motifs is 18. The van der Waals surface area contributed by atoms with Crippen molar-refractivity contribution in [1.82, 2.24) is 31.2 Å². The van der Waals surface area contributed by atoms with Crippen LogP contribution in [0, 0.1) is 5.92 Å². The van der Waals surface area contributed by atoms with Crippen molar-refractivity contribution in [2.24, 2.45) is 5.92 Å². The van der Waals surface area contributed by atoms with Gasteiger partial charge in [-0.05, 0) is 61.4 Å². The number of rotatable bonds is 6. The third-order valence-corrected chi connectivity index (χ3v) is 8.22. The molecule has 0 radical (unpaired) electrons. The normalized spacial score (nSPS) is 20.0. The van der Waals surface area contributed by atoms with Gasteiger partial charge in [0.1, 0.15) is 18.1 Å². The Balaban J connectivity index is 1.62. The van der Waals surface area contributed by atoms with Crippen LogP contribution in [0.4, 0.5) is 0 Å². The highest BCUT2D eigenvalue weighted by atomic mass is 16.5. The first-order valence-electron chi connectivity index (χ1n) is 16.7. The van der Waals surface area contributed by atoms with E-state index in [9.17, 15) is 24.0 Å². The number of amides is 5. The first kappa shape index (κ1) is 36.6. The van der Waals surface area contributed by atoms with Gasteiger partial charge in [-0.2, -0.15) is 0 Å². The van der Waals surface area contributed by atoms with E-state index in [4.69, 9.17) is 4.74 Å². The van der Waals surface area contributed by atoms with Gasteiger partial charge in [0.2, 0.25) is 23.6 Å². The van der Waals surface area contributed by atoms with E-state index in [1.807, 2.05) is 44.2 Å². The number of hydrogen-bond donors (Lipinski definition) is 4. The van der Waals surface area contributed by atoms with Crippen molar-refractivity contribution in [1.29, 1.82) is 0 Å². The number of carbonyl (C=O) groups is 5. The van der Waals surface area contributed by atoms with Crippen LogP contribution in [0.15, 0.2) is 72.9 Å². The Kier molecular flexibility index (Phi) is 13.3. The fourth-order valence-corrected chi connectivity index (χ4v) is 5.49. The minimum atomic E-state index is -0.988. The minimum absolute atomic E-state index is 0.0581. The second-order valence-corrected chi connectivity index (χ2v) is 12.6. The van der Waals surface area contributed by atoms with Gasteiger partial charge < -0.3 is 30.9 Å². The second-order valence-electron chi connectivity index (χ2n) is 12.6. The lowest BCUT2D eigenvalue weighted by Gasteiger charge is -2.25. The highest BCUT2D eigenvalue weighted by molar-refractivity contribution is 5.99. The summed E-state index contributed by atoms with van der Waals surface area (Å²) in [6.45, 7) is 6.48. The number of hydrogen-bond acceptors (Lipinski definition) is 7. The fraction of sp³-hybridized carbons (Fsp3) is 0.405. The number of ether oxygens (including phenoxy) is 1. The van der Waals surface area contributed by atoms with Gasteiger partial charge in [-0.1, -0.05) is 56.3 Å². The molecule has 2 aliphatic rings. The standard InChI is InChI=1S/C37H46N6O6/c1-24(2)20-30-35(46)40-25(3)33(44)38-18-8-9-19-43(37(48)29-16-17-32(49-4)39-22-29)23-27-12-14-28(15-13-27)34(45)41-31(36(47)42-30)21-26-10-6-5-7-11-26/h5-7,10-17,22,24-25,30-31H,8-9,18-21,23H2,1-4H3,(H,38,44)(H,40,46)(H,41,45)(H,42,47)/t25-,30+,31-/m1/s1. The number of carbonyl (C=O) groups excluding carboxylic acids is 5. The maximum Gasteiger partial charge on any atom is 0.255 e. The average molecular weight is 671 g/mol. The monoisotopic (exact) mass is 670 g/mol. The number of nitrogens with zero attached hydrogens (tertiary/aromatic N) is 2. The van der Waals surface area contributed by atoms with Crippen molar-refractivity contribution in [3.05, 3.63) is 95.2 Å². The van der Waals surface area contributed by atoms with Gasteiger partial charge in [0.25, 0.3) is 11.8 Å². The molecule has 3 aromatic rings. The van der Waals surface area contributed by atoms with Gasteiger partial charge in [-0.15, -0.1) is 0 Å². The van der Waals surface area contributed by atoms with Crippen molar-refractivity contribution in [3.63, 3.8) is 0 Å². The Morgan fingerprint density at radius 3 is 2.24 bits per heavy atom. The predicted octanol–water partition coefficient (Wildman–Crippen LogP) is 3.02. The molecule has 3 heterocycles. The number of methoxy groups -OCH3 is 1. The summed E-state index contributed by atoms with van der Waals surface area (Å²) in [6.07, 6.45) is 3.19. The van der Waals surface area contributed by atoms with Crippen LogP contribution in [-0.2, 0) is 27.3 Å². The third-order valence-electron chi connectivity index (χ3n) is 8.22. The molecular weight excluding hydrogens is 624 g/mol. The zero-order chi connectivity index (χ0) is 35.3. The molecule has 12 heteroatoms. The second kappa shape index (κ2) is 17.8. The van der Waals surface area contributed by atoms with Crippen molar-refractivity contribution >= 4 is 29.5 Å². The Hall–Kier alpha value is -5.26. The Labute approximate surface area is 287 Å². The van der Waals surface area contributed by atoms with Crippen molar-refractivity contribution in [3.8, 4) is 5.88 Å². The minimum Gasteiger partial charge on any atom is -0.481 e. The van der Waals surface area contributed by atoms with Crippen molar-refractivity contribution in [2.75, 3.05) is 20.2 Å². The van der Waals surface area contributed by atoms with E-state index in [1.54, 1.807) is 48.2 Å². The first-order chi connectivity index (χ1) is 23.5. The molecule has 0 saturated heterocycles. The lowest BCUT2D eigenvalue weighted by atomic mass is 10.0. The van der Waals surface area contributed by atoms with Gasteiger partial charge in [-0.25, -0.2) is 4.98 Å². The summed E-state index contributed by atoms with van der Waals surface area (Å²) in [6, 6.07) is 16.7. The summed E-state index contributed by atoms with van der Waals surface area (Å²) >= 11 is 0. The maximum atomic E-state index is 13.7. The summed E-state index contributed by atoms with van der Waals surface area (Å²) in [4.78, 5) is 72.9. The predicted molar refractivity (Wildman–Crippen MR) is 185 cm³/mol. The molecule has 5 amide bonds. The number of benzene rings is 2. The zero-order valence-electron chi connectivity index (χ0n) is 28.5. The molecule has 0 spiro atoms. The molecule has 1 aromatic heterocycles. The molecular formula is C37H46N6O6. The quantitative estimate of drug-likeness (QED) is 0.294. The summed E-state index contributed by atoms with van der Waals surface area (Å²) in [7, 11) is 1.50. The van der Waals surface area contributed by atoms with E-state index in [1.165, 1.54) is 13.3 Å². The van der Waals surface area contributed by atoms with Crippen LogP contribution in [0.2, 0.25) is 0 Å². The fourth-order valence-electron chi connectivity index (χ4n) is 5.49. The Morgan fingerprint density at radius 2 is 1.59 bits per heavy atom. The molecule has 0 unspecified atom stereocenters. The molecule has 2 bridgehead atoms. The topological polar surface area (TPSA) is 159 Å². The molecule has 4 N–H and O–H groups in total. The highest BCUT2D eigenvalue weighted by Gasteiger charge is 2.29. The van der Waals surface area contributed by atoms with Gasteiger partial charge in [0.05, 0.1) is 12.7 Å². The maximum absolute atomic E-state index is 13.7. The van der Waals surface area contributed by atoms with Gasteiger partial charge >= 0.3 is 0 Å². The molecule has 5 rings (SSSR count). The van der Waals surface area contributed by atoms with Crippen LogP contribution < -0.4 is 26.0 Å². The van der Waals surface area contributed by atoms with Gasteiger partial charge in [0, 0.05) is 43.9 Å². The van der Waals surface area contributed by atoms with Crippen LogP contribution in [0.25, 0.3) is 0 Å². The summed E-state index contributed by atoms with van der Waals surface area (Å²) < 4.78 is 5.13. The van der Waals surface area contributed by atoms with Crippen molar-refractivity contribution < 1.29 is 28.7 Å². The van der Waals surface area contributed by atoms with Crippen LogP contribution in [0.3, 0.4) is 0 Å². The van der Waals surface area contributed by atoms with Crippen molar-refractivity contribution in [2.45, 2.75) is 71.1 Å². The molecule has 49 heavy (non-hydrogen) atoms. The number of aromatic nitrogens is 1. The largest absolute Gasteiger partial charge is 0.481 e. The van der Waals surface area contributed by atoms with E-state index in [0.717, 1.165) is 11.1 Å². The van der Waals surface area contributed by atoms with Gasteiger partial charge in [-0.3, -0.25) is 24.0 Å². The molecule has 0 saturated carbocycles. The van der Waals surface area contributed by atoms with E-state index < -0.39 is 35.8 Å². The van der Waals surface area contributed by atoms with E-state index in [-0.39, 0.29) is 30.7 Å². The number of nitrogens with one attached hydrogen (secondary N) is 4. The Morgan fingerprint density at radius 1 is 0.878 bits per heavy atom. The highest BCUT2D eigenvalue weighted by Crippen LogP contribution is 2.15. The van der Waals surface area contributed by atoms with Crippen LogP contribution in [-0.4, -0.2) is 77.7 Å². The first-order valence-corrected chi connectivity index (χ1v) is 16.7. The van der Waals surface area contributed by atoms with E-state index in [2.05, 4.69) is 26.3 Å². The molecule has 260 valence electrons. The summed E-state index contributed by atoms with van der Waals surface area (Å²) in [5.74, 6) is -1.59. The third kappa shape index (κ3) is 10.9. The van der Waals surface area contributed by atoms with E-state index >= 15 is 0 Å². The smallest absolute Gasteiger partial charge is 0.255 e. The Bertz CT molecular complexity index is 1580. The molecule has 3 atom stereocenters. The number of pyridine rings is 1. The molecule has 12 nitrogen and oxygen atoms in total. The van der Waals surface area contributed by atoms with Crippen LogP contribution in [0.1, 0.15) is 71.9 Å². The SMILES string of the molecule is COc1ccc(C(=O)N2CCCCNC(=O)[C@@H](C)NC(=O)[C@H](CC(C)C)NC(=O)[C@@H](Cc3ccccc3)NC(=O)c3ccc(cc3)C2)cn1. The summed E-state index contributed by atoms with van der Waals surface area (Å²) in [5.41, 5.74) is 2.38. The molecule has 0 fully saturated rings. The van der Waals surface area contributed by atoms with Crippen LogP contribution in [0.5, 0.6) is 5.88 Å². The molecule has 0 aliphatic carbocycles. The van der Waals surface area contributed by atoms with Gasteiger partial charge in [0.15, 0.2) is 0 Å². The zero-order valence-corrected chi connectivity index (χ0v) is 28.5. The molecule has 2 aromatic carbocycles. The molecule has 2 aliphatic heterocycles. The average Bonchev–Trinajstić information content (AvgIpc) is 3.10. The lowest BCUT2D eigenvalue weighted by molar-refractivity contribution is -0.132. The van der Waals surface area contributed by atoms with Crippen LogP contribution >= 0.6 is 0 Å². The lowest BCUT2D eigenvalue weighted by Crippen LogP contribution is -2.57. The summed E-state index contributed by atoms with van der Waals surface area (Å²) in [5, 5.41) is 11.3. The van der Waals surface area contributed by atoms with E-state index in [0.29, 0.717) is 49.4 Å².